The largest absolute Gasteiger partial charge is 0.383 e. The Morgan fingerprint density at radius 2 is 2.15 bits per heavy atom. The van der Waals surface area contributed by atoms with Gasteiger partial charge >= 0.3 is 0 Å². The van der Waals surface area contributed by atoms with Gasteiger partial charge in [-0.25, -0.2) is 0 Å². The molecule has 20 heavy (non-hydrogen) atoms. The number of Topliss-reactive ketones (excluding diaryl/α,β-unsaturated/α-hetero) is 1. The van der Waals surface area contributed by atoms with Gasteiger partial charge in [0.2, 0.25) is 0 Å². The summed E-state index contributed by atoms with van der Waals surface area (Å²) < 4.78 is 6.44. The van der Waals surface area contributed by atoms with Crippen LogP contribution in [0.2, 0.25) is 0 Å². The Morgan fingerprint density at radius 3 is 2.80 bits per heavy atom. The fourth-order valence-corrected chi connectivity index (χ4v) is 4.22. The zero-order chi connectivity index (χ0) is 14.7. The number of ketones is 1. The van der Waals surface area contributed by atoms with Gasteiger partial charge < -0.3 is 9.80 Å². The number of hydrogen-bond donors (Lipinski definition) is 0. The van der Waals surface area contributed by atoms with E-state index in [-0.39, 0.29) is 26.5 Å². The molecule has 1 saturated heterocycles. The van der Waals surface area contributed by atoms with Crippen molar-refractivity contribution in [2.75, 3.05) is 32.1 Å². The highest BCUT2D eigenvalue weighted by Gasteiger charge is 2.22. The first-order valence-corrected chi connectivity index (χ1v) is 9.73. The average molecular weight is 449 g/mol. The van der Waals surface area contributed by atoms with Crippen LogP contribution in [0.5, 0.6) is 0 Å². The van der Waals surface area contributed by atoms with Gasteiger partial charge in [-0.1, -0.05) is 41.2 Å². The van der Waals surface area contributed by atoms with Crippen LogP contribution in [-0.2, 0) is 4.79 Å². The van der Waals surface area contributed by atoms with Crippen molar-refractivity contribution in [2.45, 2.75) is 6.42 Å². The van der Waals surface area contributed by atoms with Crippen molar-refractivity contribution in [3.8, 4) is 0 Å². The predicted octanol–water partition coefficient (Wildman–Crippen LogP) is 3.25. The number of benzene rings is 1. The van der Waals surface area contributed by atoms with Crippen LogP contribution < -0.4 is 4.90 Å². The first kappa shape index (κ1) is 15.7. The van der Waals surface area contributed by atoms with E-state index in [2.05, 4.69) is 43.5 Å². The standard InChI is InChI=1S/C15H18BrIN2O/c1-17-13-6-12(16)7-14(8-13)19-5-4-15(20)11(10-19)9-18(2)3/h6-9H,1,4-5,10H2,2-3H3/b11-9+. The van der Waals surface area contributed by atoms with Gasteiger partial charge in [0, 0.05) is 59.1 Å². The Balaban J connectivity index is 2.27. The van der Waals surface area contributed by atoms with Gasteiger partial charge in [-0.3, -0.25) is 4.79 Å². The third kappa shape index (κ3) is 3.91. The minimum atomic E-state index is -0.178. The lowest BCUT2D eigenvalue weighted by atomic mass is 10.0. The Labute approximate surface area is 138 Å². The van der Waals surface area contributed by atoms with E-state index in [9.17, 15) is 4.79 Å². The number of rotatable bonds is 3. The highest BCUT2D eigenvalue weighted by molar-refractivity contribution is 14.2. The molecule has 1 aromatic rings. The smallest absolute Gasteiger partial charge is 0.163 e. The summed E-state index contributed by atoms with van der Waals surface area (Å²) in [7, 11) is 3.90. The van der Waals surface area contributed by atoms with Crippen molar-refractivity contribution in [3.05, 3.63) is 38.0 Å². The molecule has 0 aromatic heterocycles. The van der Waals surface area contributed by atoms with E-state index in [4.69, 9.17) is 0 Å². The molecule has 0 spiro atoms. The maximum absolute atomic E-state index is 12.0. The highest BCUT2D eigenvalue weighted by atomic mass is 127. The molecule has 1 aliphatic rings. The van der Waals surface area contributed by atoms with E-state index >= 15 is 0 Å². The van der Waals surface area contributed by atoms with Gasteiger partial charge in [-0.15, -0.1) is 0 Å². The Hall–Kier alpha value is -0.690. The van der Waals surface area contributed by atoms with Crippen molar-refractivity contribution >= 4 is 52.6 Å². The van der Waals surface area contributed by atoms with Crippen molar-refractivity contribution < 1.29 is 4.79 Å². The van der Waals surface area contributed by atoms with Crippen LogP contribution in [0.4, 0.5) is 5.69 Å². The molecule has 1 heterocycles. The molecule has 0 amide bonds. The molecule has 0 atom stereocenters. The molecular formula is C15H18BrIN2O. The van der Waals surface area contributed by atoms with Crippen molar-refractivity contribution in [1.82, 2.24) is 4.90 Å². The van der Waals surface area contributed by atoms with E-state index in [0.717, 1.165) is 16.6 Å². The number of nitrogens with zero attached hydrogens (tertiary/aromatic N) is 2. The Bertz CT molecular complexity index is 569. The Morgan fingerprint density at radius 1 is 1.40 bits per heavy atom. The molecule has 0 aliphatic carbocycles. The van der Waals surface area contributed by atoms with E-state index < -0.39 is 0 Å². The quantitative estimate of drug-likeness (QED) is 0.523. The fraction of sp³-hybridized carbons (Fsp3) is 0.333. The lowest BCUT2D eigenvalue weighted by Gasteiger charge is -2.30. The fourth-order valence-electron chi connectivity index (χ4n) is 2.21. The van der Waals surface area contributed by atoms with Crippen LogP contribution in [0.1, 0.15) is 6.42 Å². The van der Waals surface area contributed by atoms with Crippen LogP contribution in [0.15, 0.2) is 34.4 Å². The second-order valence-corrected chi connectivity index (χ2v) is 7.90. The third-order valence-electron chi connectivity index (χ3n) is 3.11. The molecule has 1 fully saturated rings. The first-order chi connectivity index (χ1) is 9.49. The first-order valence-electron chi connectivity index (χ1n) is 6.34. The summed E-state index contributed by atoms with van der Waals surface area (Å²) in [6, 6.07) is 6.45. The Kier molecular flexibility index (Phi) is 5.37. The van der Waals surface area contributed by atoms with Crippen LogP contribution >= 0.6 is 36.7 Å². The molecule has 0 saturated carbocycles. The maximum Gasteiger partial charge on any atom is 0.163 e. The van der Waals surface area contributed by atoms with Crippen LogP contribution in [0, 0.1) is 3.57 Å². The molecular weight excluding hydrogens is 431 g/mol. The molecule has 0 N–H and O–H groups in total. The summed E-state index contributed by atoms with van der Waals surface area (Å²) in [4.78, 5) is 16.2. The number of halogens is 2. The zero-order valence-electron chi connectivity index (χ0n) is 11.7. The van der Waals surface area contributed by atoms with Gasteiger partial charge in [-0.05, 0) is 18.2 Å². The molecule has 108 valence electrons. The predicted molar refractivity (Wildman–Crippen MR) is 97.6 cm³/mol. The lowest BCUT2D eigenvalue weighted by Crippen LogP contribution is -2.36. The van der Waals surface area contributed by atoms with Crippen LogP contribution in [0.25, 0.3) is 0 Å². The third-order valence-corrected chi connectivity index (χ3v) is 5.07. The molecule has 5 heteroatoms. The van der Waals surface area contributed by atoms with Gasteiger partial charge in [-0.2, -0.15) is 0 Å². The topological polar surface area (TPSA) is 23.6 Å². The molecule has 1 aromatic carbocycles. The summed E-state index contributed by atoms with van der Waals surface area (Å²) >= 11 is 3.38. The monoisotopic (exact) mass is 448 g/mol. The number of anilines is 1. The molecule has 0 unspecified atom stereocenters. The molecule has 1 aliphatic heterocycles. The summed E-state index contributed by atoms with van der Waals surface area (Å²) in [5, 5.41) is 0. The molecule has 2 rings (SSSR count). The van der Waals surface area contributed by atoms with E-state index in [1.54, 1.807) is 0 Å². The summed E-state index contributed by atoms with van der Waals surface area (Å²) in [6.07, 6.45) is 2.52. The SMILES string of the molecule is C=Ic1cc(Br)cc(N2CCC(=O)/C(=C/N(C)C)C2)c1. The number of piperidine rings is 1. The van der Waals surface area contributed by atoms with Gasteiger partial charge in [0.05, 0.1) is 0 Å². The summed E-state index contributed by atoms with van der Waals surface area (Å²) in [5.74, 6) is 0.259. The molecule has 0 radical (unpaired) electrons. The number of carbonyl (C=O) groups excluding carboxylic acids is 1. The lowest BCUT2D eigenvalue weighted by molar-refractivity contribution is -0.116. The minimum absolute atomic E-state index is 0.178. The van der Waals surface area contributed by atoms with E-state index in [1.807, 2.05) is 25.2 Å². The zero-order valence-corrected chi connectivity index (χ0v) is 15.4. The van der Waals surface area contributed by atoms with E-state index in [0.29, 0.717) is 13.0 Å². The normalized spacial score (nSPS) is 17.6. The second kappa shape index (κ2) is 6.85. The van der Waals surface area contributed by atoms with Crippen molar-refractivity contribution in [3.63, 3.8) is 0 Å². The number of hydrogen-bond acceptors (Lipinski definition) is 3. The minimum Gasteiger partial charge on any atom is -0.383 e. The number of carbonyl (C=O) groups is 1. The van der Waals surface area contributed by atoms with Crippen LogP contribution in [0.3, 0.4) is 0 Å². The highest BCUT2D eigenvalue weighted by Crippen LogP contribution is 2.28. The van der Waals surface area contributed by atoms with Crippen molar-refractivity contribution in [2.24, 2.45) is 0 Å². The molecule has 0 bridgehead atoms. The van der Waals surface area contributed by atoms with Gasteiger partial charge in [0.1, 0.15) is 0 Å². The summed E-state index contributed by atoms with van der Waals surface area (Å²) in [6.45, 7) is 1.47. The van der Waals surface area contributed by atoms with Gasteiger partial charge in [0.15, 0.2) is 5.78 Å². The van der Waals surface area contributed by atoms with Crippen LogP contribution in [-0.4, -0.2) is 42.4 Å². The molecule has 3 nitrogen and oxygen atoms in total. The second-order valence-electron chi connectivity index (χ2n) is 4.97. The average Bonchev–Trinajstić information content (AvgIpc) is 2.40. The van der Waals surface area contributed by atoms with Crippen molar-refractivity contribution in [1.29, 1.82) is 0 Å². The van der Waals surface area contributed by atoms with E-state index in [1.165, 1.54) is 9.26 Å². The summed E-state index contributed by atoms with van der Waals surface area (Å²) in [5.41, 5.74) is 2.06. The maximum atomic E-state index is 12.0. The van der Waals surface area contributed by atoms with Gasteiger partial charge in [0.25, 0.3) is 0 Å².